The molecule has 4 rings (SSSR count). The topological polar surface area (TPSA) is 67.4 Å². The van der Waals surface area contributed by atoms with Gasteiger partial charge in [-0.15, -0.1) is 11.8 Å². The average Bonchev–Trinajstić information content (AvgIpc) is 3.02. The van der Waals surface area contributed by atoms with Crippen molar-refractivity contribution in [3.63, 3.8) is 0 Å². The number of rotatable bonds is 6. The molecule has 32 heavy (non-hydrogen) atoms. The second-order valence-electron chi connectivity index (χ2n) is 7.83. The molecule has 0 aliphatic carbocycles. The molecule has 0 spiro atoms. The summed E-state index contributed by atoms with van der Waals surface area (Å²) in [4.78, 5) is 26.2. The Morgan fingerprint density at radius 3 is 2.59 bits per heavy atom. The third-order valence-electron chi connectivity index (χ3n) is 5.34. The number of hydrogen-bond acceptors (Lipinski definition) is 4. The van der Waals surface area contributed by atoms with E-state index in [0.29, 0.717) is 12.2 Å². The number of hydrogen-bond donors (Lipinski definition) is 2. The van der Waals surface area contributed by atoms with E-state index < -0.39 is 0 Å². The van der Waals surface area contributed by atoms with Gasteiger partial charge in [-0.2, -0.15) is 0 Å². The predicted octanol–water partition coefficient (Wildman–Crippen LogP) is 4.85. The minimum absolute atomic E-state index is 0.0715. The highest BCUT2D eigenvalue weighted by Crippen LogP contribution is 2.25. The molecule has 0 bridgehead atoms. The summed E-state index contributed by atoms with van der Waals surface area (Å²) in [5, 5.41) is 6.00. The van der Waals surface area contributed by atoms with Gasteiger partial charge in [-0.05, 0) is 55.7 Å². The number of carbonyl (C=O) groups is 2. The number of fused-ring (bicyclic) bond motifs is 1. The lowest BCUT2D eigenvalue weighted by atomic mass is 10.1. The molecule has 1 aliphatic rings. The van der Waals surface area contributed by atoms with Crippen molar-refractivity contribution >= 4 is 29.3 Å². The van der Waals surface area contributed by atoms with Crippen molar-refractivity contribution in [2.75, 3.05) is 17.7 Å². The third kappa shape index (κ3) is 5.71. The zero-order chi connectivity index (χ0) is 22.3. The molecule has 2 N–H and O–H groups in total. The average molecular weight is 447 g/mol. The second kappa shape index (κ2) is 10.4. The van der Waals surface area contributed by atoms with Gasteiger partial charge in [0.15, 0.2) is 0 Å². The Labute approximate surface area is 192 Å². The van der Waals surface area contributed by atoms with E-state index in [9.17, 15) is 9.59 Å². The van der Waals surface area contributed by atoms with Gasteiger partial charge in [0, 0.05) is 10.6 Å². The molecule has 1 aliphatic heterocycles. The molecule has 0 fully saturated rings. The Hall–Kier alpha value is -3.25. The minimum atomic E-state index is -0.147. The van der Waals surface area contributed by atoms with Crippen LogP contribution in [0, 0.1) is 6.92 Å². The molecule has 0 saturated carbocycles. The van der Waals surface area contributed by atoms with Crippen LogP contribution in [0.5, 0.6) is 5.75 Å². The number of benzene rings is 3. The predicted molar refractivity (Wildman–Crippen MR) is 128 cm³/mol. The monoisotopic (exact) mass is 446 g/mol. The van der Waals surface area contributed by atoms with Crippen LogP contribution in [0.2, 0.25) is 0 Å². The van der Waals surface area contributed by atoms with E-state index in [1.807, 2.05) is 67.6 Å². The lowest BCUT2D eigenvalue weighted by Gasteiger charge is -2.17. The molecule has 6 heteroatoms. The van der Waals surface area contributed by atoms with Crippen LogP contribution in [0.25, 0.3) is 0 Å². The van der Waals surface area contributed by atoms with Gasteiger partial charge in [0.05, 0.1) is 17.4 Å². The summed E-state index contributed by atoms with van der Waals surface area (Å²) in [5.41, 5.74) is 3.64. The van der Waals surface area contributed by atoms with E-state index in [1.54, 1.807) is 6.07 Å². The molecular formula is C26H26N2O3S. The summed E-state index contributed by atoms with van der Waals surface area (Å²) in [7, 11) is 0. The van der Waals surface area contributed by atoms with Crippen LogP contribution in [-0.2, 0) is 11.2 Å². The van der Waals surface area contributed by atoms with Gasteiger partial charge in [-0.25, -0.2) is 0 Å². The maximum atomic E-state index is 13.0. The van der Waals surface area contributed by atoms with Crippen LogP contribution in [0.1, 0.15) is 27.9 Å². The van der Waals surface area contributed by atoms with Crippen molar-refractivity contribution in [2.24, 2.45) is 0 Å². The van der Waals surface area contributed by atoms with Crippen molar-refractivity contribution in [3.05, 3.63) is 89.5 Å². The number of carbonyl (C=O) groups excluding carboxylic acids is 2. The summed E-state index contributed by atoms with van der Waals surface area (Å²) in [6.45, 7) is 2.44. The van der Waals surface area contributed by atoms with Crippen LogP contribution < -0.4 is 15.4 Å². The second-order valence-corrected chi connectivity index (χ2v) is 8.84. The van der Waals surface area contributed by atoms with E-state index in [4.69, 9.17) is 4.74 Å². The van der Waals surface area contributed by atoms with Gasteiger partial charge in [-0.3, -0.25) is 9.59 Å². The normalized spacial score (nSPS) is 15.1. The Morgan fingerprint density at radius 1 is 1.00 bits per heavy atom. The molecule has 164 valence electrons. The lowest BCUT2D eigenvalue weighted by Crippen LogP contribution is -2.39. The molecule has 2 amide bonds. The molecule has 1 heterocycles. The molecule has 5 nitrogen and oxygen atoms in total. The number of nitrogens with one attached hydrogen (secondary N) is 2. The maximum absolute atomic E-state index is 13.0. The van der Waals surface area contributed by atoms with Crippen molar-refractivity contribution in [3.8, 4) is 5.75 Å². The van der Waals surface area contributed by atoms with Crippen LogP contribution in [0.3, 0.4) is 0 Å². The molecule has 1 atom stereocenters. The number of thioether (sulfide) groups is 1. The maximum Gasteiger partial charge on any atom is 0.252 e. The zero-order valence-corrected chi connectivity index (χ0v) is 18.8. The highest BCUT2D eigenvalue weighted by molar-refractivity contribution is 8.00. The largest absolute Gasteiger partial charge is 0.491 e. The molecule has 3 aromatic rings. The van der Waals surface area contributed by atoms with Crippen LogP contribution >= 0.6 is 11.8 Å². The van der Waals surface area contributed by atoms with Gasteiger partial charge < -0.3 is 15.4 Å². The van der Waals surface area contributed by atoms with E-state index in [0.717, 1.165) is 34.7 Å². The van der Waals surface area contributed by atoms with Crippen LogP contribution in [0.15, 0.2) is 77.7 Å². The summed E-state index contributed by atoms with van der Waals surface area (Å²) >= 11 is 1.36. The van der Waals surface area contributed by atoms with E-state index in [2.05, 4.69) is 16.7 Å². The highest BCUT2D eigenvalue weighted by Gasteiger charge is 2.21. The third-order valence-corrected chi connectivity index (χ3v) is 6.41. The summed E-state index contributed by atoms with van der Waals surface area (Å²) in [5.74, 6) is 0.857. The van der Waals surface area contributed by atoms with Crippen molar-refractivity contribution in [1.29, 1.82) is 0 Å². The first-order valence-electron chi connectivity index (χ1n) is 10.7. The van der Waals surface area contributed by atoms with E-state index >= 15 is 0 Å². The van der Waals surface area contributed by atoms with Gasteiger partial charge in [0.1, 0.15) is 12.4 Å². The van der Waals surface area contributed by atoms with Crippen molar-refractivity contribution < 1.29 is 14.3 Å². The molecule has 0 saturated heterocycles. The van der Waals surface area contributed by atoms with Crippen molar-refractivity contribution in [2.45, 2.75) is 30.7 Å². The van der Waals surface area contributed by atoms with Crippen LogP contribution in [0.4, 0.5) is 5.69 Å². The van der Waals surface area contributed by atoms with Crippen LogP contribution in [-0.4, -0.2) is 30.2 Å². The van der Waals surface area contributed by atoms with Gasteiger partial charge in [0.25, 0.3) is 5.91 Å². The first-order chi connectivity index (χ1) is 15.6. The van der Waals surface area contributed by atoms with Gasteiger partial charge >= 0.3 is 0 Å². The number of aryl methyl sites for hydroxylation is 2. The molecule has 0 radical (unpaired) electrons. The number of ether oxygens (including phenoxy) is 1. The minimum Gasteiger partial charge on any atom is -0.491 e. The van der Waals surface area contributed by atoms with E-state index in [1.165, 1.54) is 17.3 Å². The SMILES string of the molecule is Cc1ccc(NC(=O)CSc2ccccc2C(=O)NC2CCc3ccccc3OC2)cc1. The first-order valence-corrected chi connectivity index (χ1v) is 11.7. The zero-order valence-electron chi connectivity index (χ0n) is 18.0. The fourth-order valence-corrected chi connectivity index (χ4v) is 4.44. The van der Waals surface area contributed by atoms with Gasteiger partial charge in [-0.1, -0.05) is 48.0 Å². The fourth-order valence-electron chi connectivity index (χ4n) is 3.59. The molecular weight excluding hydrogens is 420 g/mol. The Kier molecular flexibility index (Phi) is 7.12. The molecule has 1 unspecified atom stereocenters. The number of anilines is 1. The van der Waals surface area contributed by atoms with Gasteiger partial charge in [0.2, 0.25) is 5.91 Å². The number of amides is 2. The first kappa shape index (κ1) is 22.0. The summed E-state index contributed by atoms with van der Waals surface area (Å²) in [6.07, 6.45) is 1.67. The number of para-hydroxylation sites is 1. The Morgan fingerprint density at radius 2 is 1.75 bits per heavy atom. The summed E-state index contributed by atoms with van der Waals surface area (Å²) in [6, 6.07) is 23.0. The fraction of sp³-hybridized carbons (Fsp3) is 0.231. The lowest BCUT2D eigenvalue weighted by molar-refractivity contribution is -0.113. The van der Waals surface area contributed by atoms with Crippen molar-refractivity contribution in [1.82, 2.24) is 5.32 Å². The molecule has 0 aromatic heterocycles. The van der Waals surface area contributed by atoms with E-state index in [-0.39, 0.29) is 23.6 Å². The quantitative estimate of drug-likeness (QED) is 0.531. The Balaban J connectivity index is 1.35. The Bertz CT molecular complexity index is 1070. The molecule has 3 aromatic carbocycles. The highest BCUT2D eigenvalue weighted by atomic mass is 32.2. The summed E-state index contributed by atoms with van der Waals surface area (Å²) < 4.78 is 5.90. The smallest absolute Gasteiger partial charge is 0.252 e. The standard InChI is InChI=1S/C26H26N2O3S/c1-18-10-13-20(14-11-18)27-25(29)17-32-24-9-5-3-7-22(24)26(30)28-21-15-12-19-6-2-4-8-23(19)31-16-21/h2-11,13-14,21H,12,15-17H2,1H3,(H,27,29)(H,28,30).